The Kier molecular flexibility index (Phi) is 4.92. The monoisotopic (exact) mass is 243 g/mol. The highest BCUT2D eigenvalue weighted by atomic mass is 32.2. The summed E-state index contributed by atoms with van der Waals surface area (Å²) < 4.78 is 26.5. The fourth-order valence-corrected chi connectivity index (χ4v) is 1.76. The third-order valence-electron chi connectivity index (χ3n) is 2.22. The lowest BCUT2D eigenvalue weighted by Crippen LogP contribution is -2.33. The third kappa shape index (κ3) is 5.25. The van der Waals surface area contributed by atoms with Crippen LogP contribution in [0.4, 0.5) is 0 Å². The molecule has 1 aromatic rings. The molecule has 0 aliphatic carbocycles. The molecule has 0 amide bonds. The van der Waals surface area contributed by atoms with Crippen molar-refractivity contribution in [3.8, 4) is 0 Å². The minimum Gasteiger partial charge on any atom is -0.314 e. The van der Waals surface area contributed by atoms with E-state index in [-0.39, 0.29) is 12.6 Å². The highest BCUT2D eigenvalue weighted by molar-refractivity contribution is 7.85. The van der Waals surface area contributed by atoms with Crippen LogP contribution >= 0.6 is 0 Å². The van der Waals surface area contributed by atoms with Crippen molar-refractivity contribution >= 4 is 10.1 Å². The minimum atomic E-state index is -3.36. The summed E-state index contributed by atoms with van der Waals surface area (Å²) in [5.41, 5.74) is 1.15. The van der Waals surface area contributed by atoms with Gasteiger partial charge in [-0.3, -0.25) is 4.18 Å². The van der Waals surface area contributed by atoms with Crippen LogP contribution in [0.1, 0.15) is 5.56 Å². The van der Waals surface area contributed by atoms with Gasteiger partial charge in [-0.15, -0.1) is 0 Å². The molecule has 0 saturated carbocycles. The second-order valence-corrected chi connectivity index (χ2v) is 5.31. The zero-order valence-corrected chi connectivity index (χ0v) is 10.3. The maximum Gasteiger partial charge on any atom is 0.264 e. The smallest absolute Gasteiger partial charge is 0.264 e. The van der Waals surface area contributed by atoms with Gasteiger partial charge >= 0.3 is 0 Å². The molecule has 0 aliphatic heterocycles. The molecule has 0 bridgehead atoms. The lowest BCUT2D eigenvalue weighted by atomic mass is 10.1. The van der Waals surface area contributed by atoms with Crippen LogP contribution in [0, 0.1) is 0 Å². The summed E-state index contributed by atoms with van der Waals surface area (Å²) in [6, 6.07) is 9.87. The van der Waals surface area contributed by atoms with Crippen LogP contribution in [-0.4, -0.2) is 34.4 Å². The summed E-state index contributed by atoms with van der Waals surface area (Å²) in [7, 11) is -1.57. The first-order valence-corrected chi connectivity index (χ1v) is 6.88. The van der Waals surface area contributed by atoms with E-state index in [2.05, 4.69) is 5.32 Å². The van der Waals surface area contributed by atoms with Crippen molar-refractivity contribution in [3.63, 3.8) is 0 Å². The normalized spacial score (nSPS) is 13.6. The molecule has 0 aliphatic rings. The molecule has 5 heteroatoms. The molecule has 0 heterocycles. The average Bonchev–Trinajstić information content (AvgIpc) is 2.24. The van der Waals surface area contributed by atoms with Crippen molar-refractivity contribution in [2.24, 2.45) is 0 Å². The Morgan fingerprint density at radius 1 is 1.31 bits per heavy atom. The molecule has 0 unspecified atom stereocenters. The van der Waals surface area contributed by atoms with E-state index in [9.17, 15) is 8.42 Å². The second-order valence-electron chi connectivity index (χ2n) is 3.66. The molecule has 1 N–H and O–H groups in total. The standard InChI is InChI=1S/C11H17NO3S/c1-12-11(9-15-16(2,13)14)8-10-6-4-3-5-7-10/h3-7,11-12H,8-9H2,1-2H3/t11-/m0/s1. The first-order chi connectivity index (χ1) is 7.51. The zero-order chi connectivity index (χ0) is 12.0. The van der Waals surface area contributed by atoms with Crippen molar-refractivity contribution < 1.29 is 12.6 Å². The average molecular weight is 243 g/mol. The van der Waals surface area contributed by atoms with Gasteiger partial charge in [0.2, 0.25) is 0 Å². The second kappa shape index (κ2) is 5.98. The molecule has 0 saturated heterocycles. The number of rotatable bonds is 6. The van der Waals surface area contributed by atoms with Crippen LogP contribution in [0.25, 0.3) is 0 Å². The molecule has 0 radical (unpaired) electrons. The van der Waals surface area contributed by atoms with Crippen LogP contribution in [0.15, 0.2) is 30.3 Å². The van der Waals surface area contributed by atoms with Crippen LogP contribution in [-0.2, 0) is 20.7 Å². The third-order valence-corrected chi connectivity index (χ3v) is 2.78. The molecule has 1 atom stereocenters. The summed E-state index contributed by atoms with van der Waals surface area (Å²) in [5.74, 6) is 0. The van der Waals surface area contributed by atoms with Gasteiger partial charge in [0.05, 0.1) is 12.9 Å². The van der Waals surface area contributed by atoms with Gasteiger partial charge in [0, 0.05) is 6.04 Å². The lowest BCUT2D eigenvalue weighted by molar-refractivity contribution is 0.276. The maximum atomic E-state index is 10.9. The zero-order valence-electron chi connectivity index (χ0n) is 9.51. The van der Waals surface area contributed by atoms with Crippen LogP contribution < -0.4 is 5.32 Å². The van der Waals surface area contributed by atoms with Crippen molar-refractivity contribution in [1.82, 2.24) is 5.32 Å². The molecular weight excluding hydrogens is 226 g/mol. The van der Waals surface area contributed by atoms with Gasteiger partial charge < -0.3 is 5.32 Å². The number of nitrogens with one attached hydrogen (secondary N) is 1. The van der Waals surface area contributed by atoms with E-state index in [1.165, 1.54) is 0 Å². The Labute approximate surface area is 96.8 Å². The van der Waals surface area contributed by atoms with Crippen molar-refractivity contribution in [1.29, 1.82) is 0 Å². The number of hydrogen-bond acceptors (Lipinski definition) is 4. The number of likely N-dealkylation sites (N-methyl/N-ethyl adjacent to an activating group) is 1. The molecule has 4 nitrogen and oxygen atoms in total. The molecule has 1 aromatic carbocycles. The number of hydrogen-bond donors (Lipinski definition) is 1. The van der Waals surface area contributed by atoms with E-state index in [0.29, 0.717) is 0 Å². The van der Waals surface area contributed by atoms with Gasteiger partial charge in [0.15, 0.2) is 0 Å². The van der Waals surface area contributed by atoms with E-state index in [1.54, 1.807) is 7.05 Å². The van der Waals surface area contributed by atoms with E-state index in [0.717, 1.165) is 18.2 Å². The minimum absolute atomic E-state index is 0.00266. The van der Waals surface area contributed by atoms with Crippen molar-refractivity contribution in [3.05, 3.63) is 35.9 Å². The largest absolute Gasteiger partial charge is 0.314 e. The Balaban J connectivity index is 2.50. The summed E-state index contributed by atoms with van der Waals surface area (Å²) in [4.78, 5) is 0. The first kappa shape index (κ1) is 13.2. The van der Waals surface area contributed by atoms with Crippen LogP contribution in [0.3, 0.4) is 0 Å². The fourth-order valence-electron chi connectivity index (χ4n) is 1.35. The van der Waals surface area contributed by atoms with E-state index in [1.807, 2.05) is 30.3 Å². The van der Waals surface area contributed by atoms with Gasteiger partial charge in [-0.05, 0) is 19.0 Å². The van der Waals surface area contributed by atoms with Crippen LogP contribution in [0.5, 0.6) is 0 Å². The predicted octanol–water partition coefficient (Wildman–Crippen LogP) is 0.793. The molecule has 90 valence electrons. The summed E-state index contributed by atoms with van der Waals surface area (Å²) in [5, 5.41) is 3.03. The van der Waals surface area contributed by atoms with Crippen molar-refractivity contribution in [2.75, 3.05) is 19.9 Å². The Morgan fingerprint density at radius 2 is 1.94 bits per heavy atom. The van der Waals surface area contributed by atoms with E-state index < -0.39 is 10.1 Å². The fraction of sp³-hybridized carbons (Fsp3) is 0.455. The predicted molar refractivity (Wildman–Crippen MR) is 63.8 cm³/mol. The Hall–Kier alpha value is -0.910. The summed E-state index contributed by atoms with van der Waals surface area (Å²) in [6.45, 7) is 0.157. The van der Waals surface area contributed by atoms with Gasteiger partial charge in [-0.2, -0.15) is 8.42 Å². The lowest BCUT2D eigenvalue weighted by Gasteiger charge is -2.15. The SMILES string of the molecule is CN[C@H](COS(C)(=O)=O)Cc1ccccc1. The van der Waals surface area contributed by atoms with Gasteiger partial charge in [-0.25, -0.2) is 0 Å². The van der Waals surface area contributed by atoms with Gasteiger partial charge in [0.25, 0.3) is 10.1 Å². The Morgan fingerprint density at radius 3 is 2.44 bits per heavy atom. The van der Waals surface area contributed by atoms with Gasteiger partial charge in [0.1, 0.15) is 0 Å². The highest BCUT2D eigenvalue weighted by Gasteiger charge is 2.10. The quantitative estimate of drug-likeness (QED) is 0.751. The molecule has 0 spiro atoms. The topological polar surface area (TPSA) is 55.4 Å². The van der Waals surface area contributed by atoms with Crippen molar-refractivity contribution in [2.45, 2.75) is 12.5 Å². The molecular formula is C11H17NO3S. The first-order valence-electron chi connectivity index (χ1n) is 5.07. The molecule has 0 aromatic heterocycles. The van der Waals surface area contributed by atoms with E-state index in [4.69, 9.17) is 4.18 Å². The van der Waals surface area contributed by atoms with Gasteiger partial charge in [-0.1, -0.05) is 30.3 Å². The highest BCUT2D eigenvalue weighted by Crippen LogP contribution is 2.04. The van der Waals surface area contributed by atoms with E-state index >= 15 is 0 Å². The molecule has 1 rings (SSSR count). The summed E-state index contributed by atoms with van der Waals surface area (Å²) >= 11 is 0. The molecule has 0 fully saturated rings. The number of benzene rings is 1. The maximum absolute atomic E-state index is 10.9. The molecule has 16 heavy (non-hydrogen) atoms. The van der Waals surface area contributed by atoms with Crippen LogP contribution in [0.2, 0.25) is 0 Å². The Bertz CT molecular complexity index is 402. The summed E-state index contributed by atoms with van der Waals surface area (Å²) in [6.07, 6.45) is 1.80.